The molecule has 22 heavy (non-hydrogen) atoms. The molecule has 0 spiro atoms. The van der Waals surface area contributed by atoms with Crippen LogP contribution in [0.4, 0.5) is 0 Å². The maximum absolute atomic E-state index is 12.9. The summed E-state index contributed by atoms with van der Waals surface area (Å²) in [6.07, 6.45) is 2.16. The molecular weight excluding hydrogens is 304 g/mol. The van der Waals surface area contributed by atoms with Gasteiger partial charge < -0.3 is 15.2 Å². The first-order valence-corrected chi connectivity index (χ1v) is 9.09. The number of sulfonamides is 1. The van der Waals surface area contributed by atoms with Gasteiger partial charge in [-0.2, -0.15) is 4.31 Å². The van der Waals surface area contributed by atoms with Crippen LogP contribution in [0.1, 0.15) is 26.2 Å². The molecule has 1 saturated heterocycles. The molecule has 1 aromatic carbocycles. The van der Waals surface area contributed by atoms with E-state index in [1.165, 1.54) is 4.31 Å². The zero-order valence-corrected chi connectivity index (χ0v) is 13.5. The summed E-state index contributed by atoms with van der Waals surface area (Å²) in [4.78, 5) is 0.249. The van der Waals surface area contributed by atoms with Gasteiger partial charge in [0.25, 0.3) is 0 Å². The number of piperidine rings is 1. The van der Waals surface area contributed by atoms with Gasteiger partial charge >= 0.3 is 0 Å². The number of fused-ring (bicyclic) bond motifs is 1. The van der Waals surface area contributed by atoms with Crippen molar-refractivity contribution in [2.45, 2.75) is 43.2 Å². The summed E-state index contributed by atoms with van der Waals surface area (Å²) in [5.74, 6) is 1.10. The highest BCUT2D eigenvalue weighted by atomic mass is 32.2. The molecular formula is C15H22N2O4S. The molecule has 2 aliphatic rings. The molecule has 0 aromatic heterocycles. The van der Waals surface area contributed by atoms with Crippen LogP contribution in [0.25, 0.3) is 0 Å². The Balaban J connectivity index is 1.91. The normalized spacial score (nSPS) is 26.5. The third-order valence-electron chi connectivity index (χ3n) is 4.18. The zero-order valence-electron chi connectivity index (χ0n) is 12.7. The number of rotatable bonds is 2. The van der Waals surface area contributed by atoms with Crippen LogP contribution in [0.3, 0.4) is 0 Å². The highest BCUT2D eigenvalue weighted by Gasteiger charge is 2.34. The summed E-state index contributed by atoms with van der Waals surface area (Å²) in [5, 5.41) is 0. The number of benzene rings is 1. The lowest BCUT2D eigenvalue weighted by molar-refractivity contribution is 0.247. The Kier molecular flexibility index (Phi) is 4.29. The maximum Gasteiger partial charge on any atom is 0.243 e. The third kappa shape index (κ3) is 2.93. The molecule has 2 atom stereocenters. The molecule has 1 fully saturated rings. The summed E-state index contributed by atoms with van der Waals surface area (Å²) < 4.78 is 38.4. The van der Waals surface area contributed by atoms with Crippen molar-refractivity contribution in [2.24, 2.45) is 5.73 Å². The van der Waals surface area contributed by atoms with Gasteiger partial charge in [-0.3, -0.25) is 0 Å². The van der Waals surface area contributed by atoms with E-state index in [1.54, 1.807) is 18.2 Å². The quantitative estimate of drug-likeness (QED) is 0.887. The molecule has 2 N–H and O–H groups in total. The number of nitrogens with two attached hydrogens (primary N) is 1. The predicted octanol–water partition coefficient (Wildman–Crippen LogP) is 1.35. The Morgan fingerprint density at radius 1 is 1.23 bits per heavy atom. The second-order valence-electron chi connectivity index (χ2n) is 5.91. The molecule has 0 saturated carbocycles. The molecule has 122 valence electrons. The third-order valence-corrected chi connectivity index (χ3v) is 6.19. The van der Waals surface area contributed by atoms with E-state index in [-0.39, 0.29) is 17.0 Å². The summed E-state index contributed by atoms with van der Waals surface area (Å²) in [6.45, 7) is 3.48. The lowest BCUT2D eigenvalue weighted by atomic mass is 10.0. The molecule has 3 rings (SSSR count). The monoisotopic (exact) mass is 326 g/mol. The number of hydrogen-bond acceptors (Lipinski definition) is 5. The minimum Gasteiger partial charge on any atom is -0.490 e. The summed E-state index contributed by atoms with van der Waals surface area (Å²) in [5.41, 5.74) is 5.92. The Hall–Kier alpha value is -1.31. The van der Waals surface area contributed by atoms with E-state index in [0.717, 1.165) is 6.42 Å². The van der Waals surface area contributed by atoms with Gasteiger partial charge in [-0.15, -0.1) is 0 Å². The minimum absolute atomic E-state index is 0.0743. The Labute approximate surface area is 131 Å². The van der Waals surface area contributed by atoms with Crippen LogP contribution in [0, 0.1) is 0 Å². The topological polar surface area (TPSA) is 81.9 Å². The molecule has 0 unspecified atom stereocenters. The van der Waals surface area contributed by atoms with Crippen LogP contribution in [-0.4, -0.2) is 44.6 Å². The van der Waals surface area contributed by atoms with Crippen LogP contribution in [0.15, 0.2) is 23.1 Å². The molecule has 6 nitrogen and oxygen atoms in total. The molecule has 0 aliphatic carbocycles. The standard InChI is InChI=1S/C15H22N2O4S/c1-11-9-12(16)5-6-17(11)22(18,19)13-3-4-14-15(10-13)21-8-2-7-20-14/h3-4,10-12H,2,5-9,16H2,1H3/t11-,12-/m0/s1. The summed E-state index contributed by atoms with van der Waals surface area (Å²) in [7, 11) is -3.54. The first kappa shape index (κ1) is 15.6. The van der Waals surface area contributed by atoms with Crippen LogP contribution in [0.5, 0.6) is 11.5 Å². The van der Waals surface area contributed by atoms with Gasteiger partial charge in [-0.05, 0) is 31.9 Å². The Morgan fingerprint density at radius 2 is 1.95 bits per heavy atom. The largest absolute Gasteiger partial charge is 0.490 e. The van der Waals surface area contributed by atoms with Crippen molar-refractivity contribution < 1.29 is 17.9 Å². The summed E-state index contributed by atoms with van der Waals surface area (Å²) >= 11 is 0. The van der Waals surface area contributed by atoms with Crippen LogP contribution in [0.2, 0.25) is 0 Å². The van der Waals surface area contributed by atoms with Crippen molar-refractivity contribution in [3.63, 3.8) is 0 Å². The van der Waals surface area contributed by atoms with Gasteiger partial charge in [0, 0.05) is 31.1 Å². The van der Waals surface area contributed by atoms with Gasteiger partial charge in [0.15, 0.2) is 11.5 Å². The fraction of sp³-hybridized carbons (Fsp3) is 0.600. The van der Waals surface area contributed by atoms with Gasteiger partial charge in [-0.25, -0.2) is 8.42 Å². The van der Waals surface area contributed by atoms with Crippen LogP contribution in [-0.2, 0) is 10.0 Å². The number of ether oxygens (including phenoxy) is 2. The number of hydrogen-bond donors (Lipinski definition) is 1. The first-order valence-electron chi connectivity index (χ1n) is 7.65. The molecule has 2 aliphatic heterocycles. The maximum atomic E-state index is 12.9. The minimum atomic E-state index is -3.54. The Bertz CT molecular complexity index is 647. The van der Waals surface area contributed by atoms with Crippen molar-refractivity contribution in [1.29, 1.82) is 0 Å². The van der Waals surface area contributed by atoms with E-state index in [9.17, 15) is 8.42 Å². The first-order chi connectivity index (χ1) is 10.5. The second-order valence-corrected chi connectivity index (χ2v) is 7.80. The van der Waals surface area contributed by atoms with E-state index in [0.29, 0.717) is 44.1 Å². The van der Waals surface area contributed by atoms with Crippen molar-refractivity contribution in [3.8, 4) is 11.5 Å². The van der Waals surface area contributed by atoms with Crippen LogP contribution >= 0.6 is 0 Å². The molecule has 1 aromatic rings. The fourth-order valence-corrected chi connectivity index (χ4v) is 4.66. The summed E-state index contributed by atoms with van der Waals surface area (Å²) in [6, 6.07) is 4.81. The molecule has 2 heterocycles. The Morgan fingerprint density at radius 3 is 2.68 bits per heavy atom. The van der Waals surface area contributed by atoms with Gasteiger partial charge in [-0.1, -0.05) is 0 Å². The van der Waals surface area contributed by atoms with Gasteiger partial charge in [0.1, 0.15) is 0 Å². The predicted molar refractivity (Wildman–Crippen MR) is 82.6 cm³/mol. The SMILES string of the molecule is C[C@H]1C[C@@H](N)CCN1S(=O)(=O)c1ccc2c(c1)OCCCO2. The van der Waals surface area contributed by atoms with Crippen molar-refractivity contribution >= 4 is 10.0 Å². The zero-order chi connectivity index (χ0) is 15.7. The smallest absolute Gasteiger partial charge is 0.243 e. The van der Waals surface area contributed by atoms with E-state index in [1.807, 2.05) is 6.92 Å². The second kappa shape index (κ2) is 6.06. The number of nitrogens with zero attached hydrogens (tertiary/aromatic N) is 1. The van der Waals surface area contributed by atoms with Gasteiger partial charge in [0.05, 0.1) is 18.1 Å². The van der Waals surface area contributed by atoms with E-state index < -0.39 is 10.0 Å². The van der Waals surface area contributed by atoms with Crippen molar-refractivity contribution in [1.82, 2.24) is 4.31 Å². The lowest BCUT2D eigenvalue weighted by Gasteiger charge is -2.35. The van der Waals surface area contributed by atoms with Crippen molar-refractivity contribution in [3.05, 3.63) is 18.2 Å². The van der Waals surface area contributed by atoms with E-state index in [4.69, 9.17) is 15.2 Å². The molecule has 0 radical (unpaired) electrons. The average molecular weight is 326 g/mol. The highest BCUT2D eigenvalue weighted by Crippen LogP contribution is 2.34. The van der Waals surface area contributed by atoms with Crippen molar-refractivity contribution in [2.75, 3.05) is 19.8 Å². The lowest BCUT2D eigenvalue weighted by Crippen LogP contribution is -2.48. The van der Waals surface area contributed by atoms with E-state index >= 15 is 0 Å². The van der Waals surface area contributed by atoms with E-state index in [2.05, 4.69) is 0 Å². The molecule has 0 amide bonds. The molecule has 0 bridgehead atoms. The average Bonchev–Trinajstić information content (AvgIpc) is 2.71. The van der Waals surface area contributed by atoms with Gasteiger partial charge in [0.2, 0.25) is 10.0 Å². The fourth-order valence-electron chi connectivity index (χ4n) is 2.98. The van der Waals surface area contributed by atoms with Crippen LogP contribution < -0.4 is 15.2 Å². The molecule has 7 heteroatoms. The highest BCUT2D eigenvalue weighted by molar-refractivity contribution is 7.89.